The van der Waals surface area contributed by atoms with E-state index in [4.69, 9.17) is 0 Å². The first-order valence-corrected chi connectivity index (χ1v) is 6.71. The molecule has 5 nitrogen and oxygen atoms in total. The number of carbonyl (C=O) groups is 1. The highest BCUT2D eigenvalue weighted by molar-refractivity contribution is 5.75. The lowest BCUT2D eigenvalue weighted by Gasteiger charge is -2.35. The fraction of sp³-hybridized carbons (Fsp3) is 0.571. The fourth-order valence-corrected chi connectivity index (χ4v) is 2.49. The Morgan fingerprint density at radius 3 is 2.68 bits per heavy atom. The Balaban J connectivity index is 1.98. The van der Waals surface area contributed by atoms with Gasteiger partial charge in [0, 0.05) is 12.5 Å². The molecule has 1 aromatic rings. The second-order valence-corrected chi connectivity index (χ2v) is 5.13. The molecule has 0 spiro atoms. The molecule has 1 aliphatic rings. The van der Waals surface area contributed by atoms with Gasteiger partial charge in [0.15, 0.2) is 0 Å². The lowest BCUT2D eigenvalue weighted by Crippen LogP contribution is -2.42. The van der Waals surface area contributed by atoms with Gasteiger partial charge in [0.25, 0.3) is 0 Å². The molecule has 1 fully saturated rings. The predicted molar refractivity (Wildman–Crippen MR) is 70.5 cm³/mol. The third-order valence-electron chi connectivity index (χ3n) is 3.72. The highest BCUT2D eigenvalue weighted by atomic mass is 16.3. The summed E-state index contributed by atoms with van der Waals surface area (Å²) >= 11 is 0. The van der Waals surface area contributed by atoms with Crippen molar-refractivity contribution < 1.29 is 15.0 Å². The van der Waals surface area contributed by atoms with Gasteiger partial charge in [-0.05, 0) is 37.8 Å². The zero-order valence-corrected chi connectivity index (χ0v) is 11.1. The van der Waals surface area contributed by atoms with E-state index in [1.54, 1.807) is 6.07 Å². The van der Waals surface area contributed by atoms with Gasteiger partial charge in [-0.3, -0.25) is 9.78 Å². The normalized spacial score (nSPS) is 26.9. The monoisotopic (exact) mass is 264 g/mol. The minimum atomic E-state index is -0.943. The van der Waals surface area contributed by atoms with Gasteiger partial charge in [0.1, 0.15) is 11.4 Å². The maximum atomic E-state index is 11.3. The molecule has 0 atom stereocenters. The molecule has 0 unspecified atom stereocenters. The van der Waals surface area contributed by atoms with Crippen LogP contribution in [0.15, 0.2) is 18.3 Å². The van der Waals surface area contributed by atoms with Crippen LogP contribution >= 0.6 is 0 Å². The van der Waals surface area contributed by atoms with Crippen molar-refractivity contribution >= 4 is 5.91 Å². The van der Waals surface area contributed by atoms with Crippen LogP contribution in [0.4, 0.5) is 0 Å². The molecule has 0 aliphatic heterocycles. The minimum absolute atomic E-state index is 0.0539. The number of aromatic nitrogens is 1. The van der Waals surface area contributed by atoms with Crippen molar-refractivity contribution in [3.63, 3.8) is 0 Å². The molecule has 104 valence electrons. The van der Waals surface area contributed by atoms with Crippen LogP contribution < -0.4 is 5.32 Å². The van der Waals surface area contributed by atoms with Gasteiger partial charge in [0.05, 0.1) is 11.9 Å². The summed E-state index contributed by atoms with van der Waals surface area (Å²) in [4.78, 5) is 15.4. The van der Waals surface area contributed by atoms with E-state index in [2.05, 4.69) is 10.3 Å². The molecule has 5 heteroatoms. The van der Waals surface area contributed by atoms with E-state index in [0.29, 0.717) is 25.0 Å². The van der Waals surface area contributed by atoms with Gasteiger partial charge in [-0.2, -0.15) is 0 Å². The number of hydrogen-bond donors (Lipinski definition) is 3. The van der Waals surface area contributed by atoms with Gasteiger partial charge in [-0.25, -0.2) is 0 Å². The number of nitrogens with one attached hydrogen (secondary N) is 1. The van der Waals surface area contributed by atoms with E-state index in [1.807, 2.05) is 6.92 Å². The first-order chi connectivity index (χ1) is 9.03. The van der Waals surface area contributed by atoms with Gasteiger partial charge < -0.3 is 15.5 Å². The Bertz CT molecular complexity index is 437. The summed E-state index contributed by atoms with van der Waals surface area (Å²) < 4.78 is 0. The number of amides is 1. The van der Waals surface area contributed by atoms with Crippen LogP contribution in [0.2, 0.25) is 0 Å². The summed E-state index contributed by atoms with van der Waals surface area (Å²) in [6.07, 6.45) is 4.45. The molecule has 0 radical (unpaired) electrons. The highest BCUT2D eigenvalue weighted by Gasteiger charge is 2.36. The average molecular weight is 264 g/mol. The number of aromatic hydroxyl groups is 1. The van der Waals surface area contributed by atoms with E-state index in [0.717, 1.165) is 12.8 Å². The molecule has 0 aromatic carbocycles. The molecular weight excluding hydrogens is 244 g/mol. The second-order valence-electron chi connectivity index (χ2n) is 5.13. The largest absolute Gasteiger partial charge is 0.506 e. The molecule has 1 heterocycles. The molecule has 0 bridgehead atoms. The molecule has 3 N–H and O–H groups in total. The number of aliphatic hydroxyl groups is 1. The smallest absolute Gasteiger partial charge is 0.219 e. The van der Waals surface area contributed by atoms with E-state index < -0.39 is 5.60 Å². The highest BCUT2D eigenvalue weighted by Crippen LogP contribution is 2.36. The number of carbonyl (C=O) groups excluding carboxylic acids is 1. The maximum absolute atomic E-state index is 11.3. The summed E-state index contributed by atoms with van der Waals surface area (Å²) in [5, 5.41) is 22.8. The maximum Gasteiger partial charge on any atom is 0.219 e. The molecule has 1 amide bonds. The Kier molecular flexibility index (Phi) is 4.04. The van der Waals surface area contributed by atoms with Crippen LogP contribution in [-0.4, -0.2) is 27.1 Å². The topological polar surface area (TPSA) is 82.5 Å². The van der Waals surface area contributed by atoms with Crippen molar-refractivity contribution in [3.8, 4) is 5.75 Å². The van der Waals surface area contributed by atoms with E-state index in [-0.39, 0.29) is 17.7 Å². The fourth-order valence-electron chi connectivity index (χ4n) is 2.49. The predicted octanol–water partition coefficient (Wildman–Crippen LogP) is 1.44. The van der Waals surface area contributed by atoms with Gasteiger partial charge >= 0.3 is 0 Å². The van der Waals surface area contributed by atoms with Gasteiger partial charge in [0.2, 0.25) is 5.91 Å². The van der Waals surface area contributed by atoms with Crippen LogP contribution in [-0.2, 0) is 10.4 Å². The van der Waals surface area contributed by atoms with Crippen molar-refractivity contribution in [1.29, 1.82) is 0 Å². The lowest BCUT2D eigenvalue weighted by molar-refractivity contribution is -0.122. The van der Waals surface area contributed by atoms with Crippen molar-refractivity contribution in [2.45, 2.75) is 50.7 Å². The second kappa shape index (κ2) is 5.57. The zero-order chi connectivity index (χ0) is 13.9. The average Bonchev–Trinajstić information content (AvgIpc) is 2.42. The van der Waals surface area contributed by atoms with Crippen molar-refractivity contribution in [3.05, 3.63) is 24.0 Å². The van der Waals surface area contributed by atoms with Crippen molar-refractivity contribution in [2.24, 2.45) is 0 Å². The number of rotatable bonds is 3. The van der Waals surface area contributed by atoms with Gasteiger partial charge in [-0.15, -0.1) is 0 Å². The summed E-state index contributed by atoms with van der Waals surface area (Å²) in [6.45, 7) is 1.83. The quantitative estimate of drug-likeness (QED) is 0.771. The number of nitrogens with zero attached hydrogens (tertiary/aromatic N) is 1. The van der Waals surface area contributed by atoms with Crippen LogP contribution in [0.25, 0.3) is 0 Å². The minimum Gasteiger partial charge on any atom is -0.506 e. The first-order valence-electron chi connectivity index (χ1n) is 6.71. The van der Waals surface area contributed by atoms with Gasteiger partial charge in [-0.1, -0.05) is 6.92 Å². The molecule has 1 aliphatic carbocycles. The molecule has 1 aromatic heterocycles. The summed E-state index contributed by atoms with van der Waals surface area (Å²) in [5.74, 6) is 0.148. The summed E-state index contributed by atoms with van der Waals surface area (Å²) in [7, 11) is 0. The first kappa shape index (κ1) is 13.8. The lowest BCUT2D eigenvalue weighted by atomic mass is 9.80. The van der Waals surface area contributed by atoms with E-state index in [1.165, 1.54) is 12.3 Å². The number of hydrogen-bond acceptors (Lipinski definition) is 4. The third kappa shape index (κ3) is 3.23. The summed E-state index contributed by atoms with van der Waals surface area (Å²) in [5.41, 5.74) is -0.355. The van der Waals surface area contributed by atoms with Crippen LogP contribution in [0.3, 0.4) is 0 Å². The Labute approximate surface area is 112 Å². The zero-order valence-electron chi connectivity index (χ0n) is 11.1. The molecule has 2 rings (SSSR count). The Morgan fingerprint density at radius 1 is 1.47 bits per heavy atom. The van der Waals surface area contributed by atoms with Crippen molar-refractivity contribution in [2.75, 3.05) is 0 Å². The van der Waals surface area contributed by atoms with Crippen molar-refractivity contribution in [1.82, 2.24) is 10.3 Å². The molecule has 19 heavy (non-hydrogen) atoms. The van der Waals surface area contributed by atoms with E-state index >= 15 is 0 Å². The van der Waals surface area contributed by atoms with Crippen LogP contribution in [0.5, 0.6) is 5.75 Å². The Morgan fingerprint density at radius 2 is 2.16 bits per heavy atom. The SMILES string of the molecule is CCC(=O)N[C@H]1CC[C@](O)(c2ccc(O)cn2)CC1. The Hall–Kier alpha value is -1.62. The van der Waals surface area contributed by atoms with Crippen LogP contribution in [0.1, 0.15) is 44.7 Å². The number of pyridine rings is 1. The standard InChI is InChI=1S/C14H20N2O3/c1-2-13(18)16-10-5-7-14(19,8-6-10)12-4-3-11(17)9-15-12/h3-4,9-10,17,19H,2,5-8H2,1H3,(H,16,18)/t10-,14+. The van der Waals surface area contributed by atoms with Crippen LogP contribution in [0, 0.1) is 0 Å². The third-order valence-corrected chi connectivity index (χ3v) is 3.72. The molecule has 0 saturated heterocycles. The molecular formula is C14H20N2O3. The summed E-state index contributed by atoms with van der Waals surface area (Å²) in [6, 6.07) is 3.33. The molecule has 1 saturated carbocycles. The van der Waals surface area contributed by atoms with E-state index in [9.17, 15) is 15.0 Å².